The number of hydrogen-bond donors (Lipinski definition) is 1. The van der Waals surface area contributed by atoms with E-state index in [1.807, 2.05) is 6.07 Å². The van der Waals surface area contributed by atoms with Crippen LogP contribution >= 0.6 is 39.9 Å². The van der Waals surface area contributed by atoms with Crippen LogP contribution in [0.4, 0.5) is 0 Å². The second-order valence-electron chi connectivity index (χ2n) is 2.89. The maximum atomic E-state index is 5.33. The molecule has 0 aliphatic rings. The van der Waals surface area contributed by atoms with E-state index in [1.165, 1.54) is 15.6 Å². The molecule has 2 aromatic rings. The van der Waals surface area contributed by atoms with Gasteiger partial charge < -0.3 is 4.74 Å². The number of alkyl halides is 1. The Kier molecular flexibility index (Phi) is 3.04. The Balaban J connectivity index is 2.76. The molecule has 1 nitrogen and oxygen atoms in total. The normalized spacial score (nSPS) is 10.8. The Morgan fingerprint density at radius 3 is 2.93 bits per heavy atom. The van der Waals surface area contributed by atoms with Crippen molar-refractivity contribution in [3.63, 3.8) is 0 Å². The van der Waals surface area contributed by atoms with Crippen molar-refractivity contribution in [2.75, 3.05) is 7.11 Å². The number of benzene rings is 1. The summed E-state index contributed by atoms with van der Waals surface area (Å²) in [6, 6.07) is 4.07. The van der Waals surface area contributed by atoms with Gasteiger partial charge in [0.05, 0.1) is 11.8 Å². The van der Waals surface area contributed by atoms with Crippen molar-refractivity contribution in [3.8, 4) is 5.75 Å². The van der Waals surface area contributed by atoms with Crippen molar-refractivity contribution in [3.05, 3.63) is 23.1 Å². The molecule has 0 radical (unpaired) electrons. The van der Waals surface area contributed by atoms with E-state index in [-0.39, 0.29) is 0 Å². The Bertz CT molecular complexity index is 464. The molecule has 1 heterocycles. The first-order valence-corrected chi connectivity index (χ1v) is 6.54. The molecule has 4 heteroatoms. The standard InChI is InChI=1S/C10H9BrOS2/c1-12-9-8(13)3-2-7-6(4-11)5-14-10(7)9/h2-3,5,13H,4H2,1H3. The number of methoxy groups -OCH3 is 1. The van der Waals surface area contributed by atoms with Crippen molar-refractivity contribution in [2.45, 2.75) is 10.2 Å². The summed E-state index contributed by atoms with van der Waals surface area (Å²) in [5.41, 5.74) is 1.30. The lowest BCUT2D eigenvalue weighted by atomic mass is 10.2. The molecule has 0 spiro atoms. The van der Waals surface area contributed by atoms with Crippen molar-refractivity contribution in [1.82, 2.24) is 0 Å². The predicted octanol–water partition coefficient (Wildman–Crippen LogP) is 4.09. The minimum Gasteiger partial charge on any atom is -0.494 e. The third-order valence-electron chi connectivity index (χ3n) is 2.10. The van der Waals surface area contributed by atoms with Crippen LogP contribution in [0.25, 0.3) is 10.1 Å². The van der Waals surface area contributed by atoms with Crippen LogP contribution in [0.15, 0.2) is 22.4 Å². The molecule has 0 aliphatic heterocycles. The fraction of sp³-hybridized carbons (Fsp3) is 0.200. The van der Waals surface area contributed by atoms with Gasteiger partial charge in [0.2, 0.25) is 0 Å². The van der Waals surface area contributed by atoms with E-state index in [0.29, 0.717) is 0 Å². The molecule has 14 heavy (non-hydrogen) atoms. The molecule has 0 N–H and O–H groups in total. The Morgan fingerprint density at radius 1 is 1.50 bits per heavy atom. The summed E-state index contributed by atoms with van der Waals surface area (Å²) < 4.78 is 6.51. The maximum absolute atomic E-state index is 5.33. The van der Waals surface area contributed by atoms with E-state index in [9.17, 15) is 0 Å². The van der Waals surface area contributed by atoms with Gasteiger partial charge in [-0.25, -0.2) is 0 Å². The van der Waals surface area contributed by atoms with Crippen LogP contribution < -0.4 is 4.74 Å². The van der Waals surface area contributed by atoms with Gasteiger partial charge in [0.15, 0.2) is 0 Å². The summed E-state index contributed by atoms with van der Waals surface area (Å²) in [6.45, 7) is 0. The molecular formula is C10H9BrOS2. The second kappa shape index (κ2) is 4.13. The summed E-state index contributed by atoms with van der Waals surface area (Å²) in [5, 5.41) is 4.28. The zero-order valence-corrected chi connectivity index (χ0v) is 10.9. The number of rotatable bonds is 2. The average Bonchev–Trinajstić information content (AvgIpc) is 2.60. The Morgan fingerprint density at radius 2 is 2.29 bits per heavy atom. The molecule has 74 valence electrons. The van der Waals surface area contributed by atoms with Crippen LogP contribution in [0, 0.1) is 0 Å². The second-order valence-corrected chi connectivity index (χ2v) is 4.81. The SMILES string of the molecule is COc1c(S)ccc2c(CBr)csc12. The van der Waals surface area contributed by atoms with Gasteiger partial charge in [-0.15, -0.1) is 24.0 Å². The Labute approximate surface area is 101 Å². The van der Waals surface area contributed by atoms with E-state index in [1.54, 1.807) is 18.4 Å². The van der Waals surface area contributed by atoms with Gasteiger partial charge in [-0.2, -0.15) is 0 Å². The van der Waals surface area contributed by atoms with Crippen LogP contribution in [0.3, 0.4) is 0 Å². The van der Waals surface area contributed by atoms with Gasteiger partial charge in [-0.1, -0.05) is 22.0 Å². The topological polar surface area (TPSA) is 9.23 Å². The summed E-state index contributed by atoms with van der Waals surface area (Å²) in [6.07, 6.45) is 0. The van der Waals surface area contributed by atoms with E-state index in [0.717, 1.165) is 16.0 Å². The van der Waals surface area contributed by atoms with Gasteiger partial charge in [0.25, 0.3) is 0 Å². The molecule has 0 saturated carbocycles. The maximum Gasteiger partial charge on any atom is 0.149 e. The van der Waals surface area contributed by atoms with Gasteiger partial charge in [-0.05, 0) is 17.0 Å². The van der Waals surface area contributed by atoms with E-state index < -0.39 is 0 Å². The average molecular weight is 289 g/mol. The molecule has 0 bridgehead atoms. The lowest BCUT2D eigenvalue weighted by Crippen LogP contribution is -1.84. The molecule has 0 fully saturated rings. The van der Waals surface area contributed by atoms with Gasteiger partial charge in [0, 0.05) is 15.6 Å². The molecule has 0 atom stereocenters. The van der Waals surface area contributed by atoms with Gasteiger partial charge >= 0.3 is 0 Å². The number of halogens is 1. The van der Waals surface area contributed by atoms with Crippen LogP contribution in [0.1, 0.15) is 5.56 Å². The molecule has 2 rings (SSSR count). The van der Waals surface area contributed by atoms with E-state index in [4.69, 9.17) is 4.74 Å². The summed E-state index contributed by atoms with van der Waals surface area (Å²) in [7, 11) is 1.68. The fourth-order valence-electron chi connectivity index (χ4n) is 1.42. The molecule has 1 aromatic carbocycles. The van der Waals surface area contributed by atoms with Crippen molar-refractivity contribution in [2.24, 2.45) is 0 Å². The highest BCUT2D eigenvalue weighted by Gasteiger charge is 2.10. The molecule has 0 unspecified atom stereocenters. The van der Waals surface area contributed by atoms with Crippen molar-refractivity contribution in [1.29, 1.82) is 0 Å². The quantitative estimate of drug-likeness (QED) is 0.647. The van der Waals surface area contributed by atoms with Crippen LogP contribution in [-0.2, 0) is 5.33 Å². The van der Waals surface area contributed by atoms with E-state index >= 15 is 0 Å². The van der Waals surface area contributed by atoms with Gasteiger partial charge in [-0.3, -0.25) is 0 Å². The highest BCUT2D eigenvalue weighted by atomic mass is 79.9. The summed E-state index contributed by atoms with van der Waals surface area (Å²) >= 11 is 9.53. The highest BCUT2D eigenvalue weighted by Crippen LogP contribution is 2.38. The first kappa shape index (κ1) is 10.3. The fourth-order valence-corrected chi connectivity index (χ4v) is 3.54. The molecule has 0 saturated heterocycles. The monoisotopic (exact) mass is 288 g/mol. The highest BCUT2D eigenvalue weighted by molar-refractivity contribution is 9.08. The van der Waals surface area contributed by atoms with Crippen LogP contribution in [0.2, 0.25) is 0 Å². The third-order valence-corrected chi connectivity index (χ3v) is 4.10. The lowest BCUT2D eigenvalue weighted by Gasteiger charge is -2.04. The Hall–Kier alpha value is -0.190. The van der Waals surface area contributed by atoms with Crippen LogP contribution in [-0.4, -0.2) is 7.11 Å². The van der Waals surface area contributed by atoms with Crippen molar-refractivity contribution < 1.29 is 4.74 Å². The minimum absolute atomic E-state index is 0.877. The number of thiol groups is 1. The summed E-state index contributed by atoms with van der Waals surface area (Å²) in [4.78, 5) is 0.892. The third kappa shape index (κ3) is 1.55. The molecular weight excluding hydrogens is 280 g/mol. The van der Waals surface area contributed by atoms with Gasteiger partial charge in [0.1, 0.15) is 5.75 Å². The molecule has 1 aromatic heterocycles. The summed E-state index contributed by atoms with van der Waals surface area (Å²) in [5.74, 6) is 0.878. The number of hydrogen-bond acceptors (Lipinski definition) is 3. The minimum atomic E-state index is 0.877. The zero-order valence-electron chi connectivity index (χ0n) is 7.58. The number of fused-ring (bicyclic) bond motifs is 1. The lowest BCUT2D eigenvalue weighted by molar-refractivity contribution is 0.411. The first-order valence-electron chi connectivity index (χ1n) is 4.10. The number of thiophene rings is 1. The molecule has 0 aliphatic carbocycles. The predicted molar refractivity (Wildman–Crippen MR) is 68.3 cm³/mol. The zero-order chi connectivity index (χ0) is 10.1. The van der Waals surface area contributed by atoms with Crippen LogP contribution in [0.5, 0.6) is 5.75 Å². The smallest absolute Gasteiger partial charge is 0.149 e. The first-order chi connectivity index (χ1) is 6.77. The largest absolute Gasteiger partial charge is 0.494 e. The molecule has 0 amide bonds. The van der Waals surface area contributed by atoms with E-state index in [2.05, 4.69) is 40.0 Å². The van der Waals surface area contributed by atoms with Crippen molar-refractivity contribution >= 4 is 50.0 Å². The number of ether oxygens (including phenoxy) is 1.